The summed E-state index contributed by atoms with van der Waals surface area (Å²) in [5, 5.41) is 12.4. The molecule has 5 heteroatoms. The second kappa shape index (κ2) is 7.37. The molecule has 0 amide bonds. The molecule has 0 aliphatic rings. The van der Waals surface area contributed by atoms with E-state index in [0.717, 1.165) is 16.8 Å². The van der Waals surface area contributed by atoms with E-state index in [0.29, 0.717) is 12.2 Å². The molecule has 1 heterocycles. The molecule has 120 valence electrons. The van der Waals surface area contributed by atoms with Gasteiger partial charge in [-0.05, 0) is 5.56 Å². The van der Waals surface area contributed by atoms with Crippen LogP contribution in [0.3, 0.4) is 0 Å². The van der Waals surface area contributed by atoms with E-state index in [1.165, 1.54) is 0 Å². The number of carboxylic acids is 1. The van der Waals surface area contributed by atoms with Gasteiger partial charge in [0.1, 0.15) is 11.9 Å². The molecule has 0 spiro atoms. The van der Waals surface area contributed by atoms with Crippen LogP contribution in [-0.2, 0) is 11.2 Å². The molecule has 5 nitrogen and oxygen atoms in total. The molecule has 3 rings (SSSR count). The van der Waals surface area contributed by atoms with Crippen LogP contribution in [0.5, 0.6) is 0 Å². The Bertz CT molecular complexity index is 790. The summed E-state index contributed by atoms with van der Waals surface area (Å²) in [4.78, 5) is 20.1. The Balaban J connectivity index is 1.72. The lowest BCUT2D eigenvalue weighted by atomic mass is 10.1. The van der Waals surface area contributed by atoms with Crippen molar-refractivity contribution in [3.05, 3.63) is 78.6 Å². The van der Waals surface area contributed by atoms with Crippen LogP contribution in [-0.4, -0.2) is 27.1 Å². The number of nitrogens with zero attached hydrogens (tertiary/aromatic N) is 2. The van der Waals surface area contributed by atoms with E-state index in [1.54, 1.807) is 12.4 Å². The molecule has 0 fully saturated rings. The molecule has 2 aromatic carbocycles. The fourth-order valence-corrected chi connectivity index (χ4v) is 2.39. The number of carbonyl (C=O) groups is 1. The maximum absolute atomic E-state index is 11.5. The minimum atomic E-state index is -0.923. The van der Waals surface area contributed by atoms with Gasteiger partial charge in [0.15, 0.2) is 0 Å². The molecule has 1 aromatic heterocycles. The molecule has 0 saturated heterocycles. The number of benzene rings is 2. The van der Waals surface area contributed by atoms with Gasteiger partial charge in [-0.15, -0.1) is 0 Å². The second-order valence-corrected chi connectivity index (χ2v) is 5.38. The Morgan fingerprint density at radius 3 is 2.21 bits per heavy atom. The number of aromatic nitrogens is 2. The maximum Gasteiger partial charge on any atom is 0.326 e. The van der Waals surface area contributed by atoms with Crippen molar-refractivity contribution in [2.45, 2.75) is 12.5 Å². The van der Waals surface area contributed by atoms with Crippen molar-refractivity contribution >= 4 is 11.8 Å². The number of hydrogen-bond acceptors (Lipinski definition) is 4. The summed E-state index contributed by atoms with van der Waals surface area (Å²) < 4.78 is 0. The van der Waals surface area contributed by atoms with Crippen LogP contribution in [0.25, 0.3) is 11.3 Å². The lowest BCUT2D eigenvalue weighted by Gasteiger charge is -2.15. The lowest BCUT2D eigenvalue weighted by molar-refractivity contribution is -0.137. The van der Waals surface area contributed by atoms with Crippen LogP contribution >= 0.6 is 0 Å². The Hall–Kier alpha value is -3.21. The van der Waals surface area contributed by atoms with Crippen LogP contribution < -0.4 is 5.32 Å². The lowest BCUT2D eigenvalue weighted by Crippen LogP contribution is -2.31. The number of hydrogen-bond donors (Lipinski definition) is 2. The molecular weight excluding hydrogens is 302 g/mol. The SMILES string of the molecule is O=C(O)C(Cc1ccccc1)Nc1cnc(-c2ccccc2)cn1. The average molecular weight is 319 g/mol. The van der Waals surface area contributed by atoms with Crippen molar-refractivity contribution in [2.24, 2.45) is 0 Å². The number of nitrogens with one attached hydrogen (secondary N) is 1. The van der Waals surface area contributed by atoms with Crippen molar-refractivity contribution in [3.63, 3.8) is 0 Å². The Morgan fingerprint density at radius 1 is 0.958 bits per heavy atom. The zero-order valence-electron chi connectivity index (χ0n) is 13.0. The Morgan fingerprint density at radius 2 is 1.62 bits per heavy atom. The molecule has 2 N–H and O–H groups in total. The van der Waals surface area contributed by atoms with Crippen molar-refractivity contribution in [1.29, 1.82) is 0 Å². The highest BCUT2D eigenvalue weighted by molar-refractivity contribution is 5.77. The van der Waals surface area contributed by atoms with Crippen LogP contribution in [0, 0.1) is 0 Å². The number of carboxylic acid groups (broad SMARTS) is 1. The van der Waals surface area contributed by atoms with E-state index in [9.17, 15) is 9.90 Å². The minimum Gasteiger partial charge on any atom is -0.480 e. The van der Waals surface area contributed by atoms with Gasteiger partial charge in [0.2, 0.25) is 0 Å². The summed E-state index contributed by atoms with van der Waals surface area (Å²) in [5.74, 6) is -0.481. The van der Waals surface area contributed by atoms with E-state index in [-0.39, 0.29) is 0 Å². The van der Waals surface area contributed by atoms with Crippen molar-refractivity contribution in [1.82, 2.24) is 9.97 Å². The molecular formula is C19H17N3O2. The second-order valence-electron chi connectivity index (χ2n) is 5.38. The third-order valence-electron chi connectivity index (χ3n) is 3.62. The molecule has 0 aliphatic carbocycles. The maximum atomic E-state index is 11.5. The predicted octanol–water partition coefficient (Wildman–Crippen LogP) is 3.25. The summed E-state index contributed by atoms with van der Waals surface area (Å²) >= 11 is 0. The van der Waals surface area contributed by atoms with E-state index in [1.807, 2.05) is 60.7 Å². The third-order valence-corrected chi connectivity index (χ3v) is 3.62. The van der Waals surface area contributed by atoms with Crippen LogP contribution in [0.4, 0.5) is 5.82 Å². The summed E-state index contributed by atoms with van der Waals surface area (Å²) in [7, 11) is 0. The van der Waals surface area contributed by atoms with Crippen molar-refractivity contribution < 1.29 is 9.90 Å². The van der Waals surface area contributed by atoms with E-state index < -0.39 is 12.0 Å². The Kier molecular flexibility index (Phi) is 4.81. The van der Waals surface area contributed by atoms with Gasteiger partial charge < -0.3 is 10.4 Å². The molecule has 0 radical (unpaired) electrons. The molecule has 0 saturated carbocycles. The van der Waals surface area contributed by atoms with Gasteiger partial charge in [-0.2, -0.15) is 0 Å². The standard InChI is InChI=1S/C19H17N3O2/c23-19(24)16(11-14-7-3-1-4-8-14)22-18-13-20-17(12-21-18)15-9-5-2-6-10-15/h1-10,12-13,16H,11H2,(H,21,22)(H,23,24). The topological polar surface area (TPSA) is 75.1 Å². The normalized spacial score (nSPS) is 11.7. The van der Waals surface area contributed by atoms with Crippen molar-refractivity contribution in [2.75, 3.05) is 5.32 Å². The fraction of sp³-hybridized carbons (Fsp3) is 0.105. The first kappa shape index (κ1) is 15.7. The van der Waals surface area contributed by atoms with E-state index in [2.05, 4.69) is 15.3 Å². The van der Waals surface area contributed by atoms with Gasteiger partial charge in [-0.1, -0.05) is 60.7 Å². The third kappa shape index (κ3) is 3.95. The first-order valence-corrected chi connectivity index (χ1v) is 7.63. The first-order chi connectivity index (χ1) is 11.7. The number of rotatable bonds is 6. The number of aliphatic carboxylic acids is 1. The highest BCUT2D eigenvalue weighted by Crippen LogP contribution is 2.16. The molecule has 0 bridgehead atoms. The van der Waals surface area contributed by atoms with Gasteiger partial charge in [-0.25, -0.2) is 9.78 Å². The molecule has 24 heavy (non-hydrogen) atoms. The van der Waals surface area contributed by atoms with Gasteiger partial charge in [0.25, 0.3) is 0 Å². The minimum absolute atomic E-state index is 0.373. The summed E-state index contributed by atoms with van der Waals surface area (Å²) in [6, 6.07) is 18.4. The van der Waals surface area contributed by atoms with Crippen LogP contribution in [0.2, 0.25) is 0 Å². The summed E-state index contributed by atoms with van der Waals surface area (Å²) in [6.07, 6.45) is 3.57. The molecule has 3 aromatic rings. The quantitative estimate of drug-likeness (QED) is 0.729. The van der Waals surface area contributed by atoms with Gasteiger partial charge in [0, 0.05) is 12.0 Å². The molecule has 1 unspecified atom stereocenters. The average Bonchev–Trinajstić information content (AvgIpc) is 2.63. The van der Waals surface area contributed by atoms with E-state index in [4.69, 9.17) is 0 Å². The summed E-state index contributed by atoms with van der Waals surface area (Å²) in [5.41, 5.74) is 2.66. The van der Waals surface area contributed by atoms with E-state index >= 15 is 0 Å². The highest BCUT2D eigenvalue weighted by Gasteiger charge is 2.18. The monoisotopic (exact) mass is 319 g/mol. The zero-order chi connectivity index (χ0) is 16.8. The van der Waals surface area contributed by atoms with Gasteiger partial charge in [-0.3, -0.25) is 4.98 Å². The fourth-order valence-electron chi connectivity index (χ4n) is 2.39. The summed E-state index contributed by atoms with van der Waals surface area (Å²) in [6.45, 7) is 0. The number of anilines is 1. The predicted molar refractivity (Wildman–Crippen MR) is 92.7 cm³/mol. The Labute approximate surface area is 140 Å². The van der Waals surface area contributed by atoms with Gasteiger partial charge in [0.05, 0.1) is 18.1 Å². The van der Waals surface area contributed by atoms with Crippen LogP contribution in [0.1, 0.15) is 5.56 Å². The van der Waals surface area contributed by atoms with Gasteiger partial charge >= 0.3 is 5.97 Å². The highest BCUT2D eigenvalue weighted by atomic mass is 16.4. The smallest absolute Gasteiger partial charge is 0.326 e. The zero-order valence-corrected chi connectivity index (χ0v) is 13.0. The first-order valence-electron chi connectivity index (χ1n) is 7.63. The largest absolute Gasteiger partial charge is 0.480 e. The van der Waals surface area contributed by atoms with Crippen LogP contribution in [0.15, 0.2) is 73.1 Å². The molecule has 1 atom stereocenters. The molecule has 0 aliphatic heterocycles. The van der Waals surface area contributed by atoms with Crippen molar-refractivity contribution in [3.8, 4) is 11.3 Å².